The van der Waals surface area contributed by atoms with Crippen LogP contribution in [0.25, 0.3) is 31.3 Å². The normalized spacial score (nSPS) is 11.3. The van der Waals surface area contributed by atoms with Crippen molar-refractivity contribution in [2.45, 2.75) is 5.03 Å². The van der Waals surface area contributed by atoms with E-state index in [0.29, 0.717) is 17.1 Å². The second kappa shape index (κ2) is 8.13. The summed E-state index contributed by atoms with van der Waals surface area (Å²) < 4.78 is 11.5. The number of thioether (sulfide) groups is 1. The number of ketones is 1. The van der Waals surface area contributed by atoms with E-state index in [1.165, 1.54) is 11.8 Å². The number of carbonyl (C=O) groups excluding carboxylic acids is 1. The first-order chi connectivity index (χ1) is 15.2. The standard InChI is InChI=1S/C23H17N3O3S2/c1-28-14-7-8-19(29-2)15(10-14)18(27)11-30-23-21-20(24-12-25-23)16-9-13-5-3-4-6-17(13)26-22(16)31-21/h3-10,12H,11H2,1-2H3. The number of fused-ring (bicyclic) bond motifs is 4. The summed E-state index contributed by atoms with van der Waals surface area (Å²) in [5.41, 5.74) is 2.30. The number of thiophene rings is 1. The van der Waals surface area contributed by atoms with Crippen molar-refractivity contribution in [2.24, 2.45) is 0 Å². The van der Waals surface area contributed by atoms with E-state index >= 15 is 0 Å². The highest BCUT2D eigenvalue weighted by Crippen LogP contribution is 2.38. The van der Waals surface area contributed by atoms with E-state index in [1.807, 2.05) is 24.3 Å². The molecule has 0 aliphatic carbocycles. The average molecular weight is 448 g/mol. The number of ether oxygens (including phenoxy) is 2. The minimum atomic E-state index is -0.0579. The third-order valence-corrected chi connectivity index (χ3v) is 7.18. The van der Waals surface area contributed by atoms with Gasteiger partial charge < -0.3 is 9.47 Å². The van der Waals surface area contributed by atoms with Gasteiger partial charge in [0.05, 0.1) is 41.3 Å². The second-order valence-electron chi connectivity index (χ2n) is 6.77. The Kier molecular flexibility index (Phi) is 5.17. The van der Waals surface area contributed by atoms with Crippen molar-refractivity contribution in [1.29, 1.82) is 0 Å². The van der Waals surface area contributed by atoms with E-state index in [-0.39, 0.29) is 11.5 Å². The van der Waals surface area contributed by atoms with Gasteiger partial charge >= 0.3 is 0 Å². The molecule has 2 aromatic carbocycles. The number of hydrogen-bond donors (Lipinski definition) is 0. The maximum atomic E-state index is 12.9. The molecule has 0 spiro atoms. The van der Waals surface area contributed by atoms with Gasteiger partial charge in [-0.15, -0.1) is 11.3 Å². The van der Waals surface area contributed by atoms with Crippen molar-refractivity contribution in [3.05, 3.63) is 60.4 Å². The smallest absolute Gasteiger partial charge is 0.177 e. The third kappa shape index (κ3) is 3.58. The first kappa shape index (κ1) is 19.7. The predicted molar refractivity (Wildman–Crippen MR) is 125 cm³/mol. The summed E-state index contributed by atoms with van der Waals surface area (Å²) >= 11 is 2.94. The lowest BCUT2D eigenvalue weighted by Crippen LogP contribution is -2.05. The van der Waals surface area contributed by atoms with Crippen molar-refractivity contribution in [3.63, 3.8) is 0 Å². The molecule has 3 heterocycles. The molecule has 0 saturated carbocycles. The van der Waals surface area contributed by atoms with Crippen molar-refractivity contribution < 1.29 is 14.3 Å². The van der Waals surface area contributed by atoms with Gasteiger partial charge in [0.1, 0.15) is 27.7 Å². The Morgan fingerprint density at radius 1 is 1.06 bits per heavy atom. The summed E-state index contributed by atoms with van der Waals surface area (Å²) in [7, 11) is 3.12. The van der Waals surface area contributed by atoms with E-state index in [1.54, 1.807) is 50.1 Å². The monoisotopic (exact) mass is 447 g/mol. The maximum absolute atomic E-state index is 12.9. The van der Waals surface area contributed by atoms with Gasteiger partial charge in [0.15, 0.2) is 5.78 Å². The van der Waals surface area contributed by atoms with Crippen LogP contribution in [0.4, 0.5) is 0 Å². The number of pyridine rings is 1. The summed E-state index contributed by atoms with van der Waals surface area (Å²) in [6, 6.07) is 15.3. The molecule has 0 N–H and O–H groups in total. The predicted octanol–water partition coefficient (Wildman–Crippen LogP) is 5.38. The Morgan fingerprint density at radius 3 is 2.77 bits per heavy atom. The van der Waals surface area contributed by atoms with E-state index in [0.717, 1.165) is 36.4 Å². The van der Waals surface area contributed by atoms with Gasteiger partial charge in [0, 0.05) is 10.8 Å². The Hall–Kier alpha value is -3.23. The highest BCUT2D eigenvalue weighted by Gasteiger charge is 2.18. The molecule has 5 aromatic rings. The van der Waals surface area contributed by atoms with Crippen molar-refractivity contribution in [3.8, 4) is 11.5 Å². The van der Waals surface area contributed by atoms with E-state index in [2.05, 4.69) is 16.0 Å². The fourth-order valence-corrected chi connectivity index (χ4v) is 5.51. The molecule has 0 aliphatic heterocycles. The topological polar surface area (TPSA) is 74.2 Å². The molecule has 0 aliphatic rings. The van der Waals surface area contributed by atoms with Gasteiger partial charge in [-0.2, -0.15) is 0 Å². The number of carbonyl (C=O) groups is 1. The lowest BCUT2D eigenvalue weighted by atomic mass is 10.1. The molecule has 8 heteroatoms. The molecular weight excluding hydrogens is 430 g/mol. The number of aromatic nitrogens is 3. The SMILES string of the molecule is COc1ccc(OC)c(C(=O)CSc2ncnc3c2sc2nc4ccccc4cc23)c1. The summed E-state index contributed by atoms with van der Waals surface area (Å²) in [6.07, 6.45) is 1.54. The maximum Gasteiger partial charge on any atom is 0.177 e. The number of para-hydroxylation sites is 1. The van der Waals surface area contributed by atoms with Crippen LogP contribution in [-0.4, -0.2) is 40.7 Å². The molecule has 0 saturated heterocycles. The first-order valence-electron chi connectivity index (χ1n) is 9.49. The van der Waals surface area contributed by atoms with Crippen LogP contribution in [-0.2, 0) is 0 Å². The molecule has 6 nitrogen and oxygen atoms in total. The van der Waals surface area contributed by atoms with Gasteiger partial charge in [-0.25, -0.2) is 15.0 Å². The van der Waals surface area contributed by atoms with Crippen LogP contribution in [0.1, 0.15) is 10.4 Å². The van der Waals surface area contributed by atoms with E-state index in [4.69, 9.17) is 14.5 Å². The minimum absolute atomic E-state index is 0.0579. The van der Waals surface area contributed by atoms with Gasteiger partial charge in [-0.3, -0.25) is 4.79 Å². The average Bonchev–Trinajstić information content (AvgIpc) is 3.18. The number of methoxy groups -OCH3 is 2. The number of hydrogen-bond acceptors (Lipinski definition) is 8. The molecule has 0 unspecified atom stereocenters. The van der Waals surface area contributed by atoms with E-state index in [9.17, 15) is 4.79 Å². The van der Waals surface area contributed by atoms with Crippen molar-refractivity contribution in [1.82, 2.24) is 15.0 Å². The fraction of sp³-hybridized carbons (Fsp3) is 0.130. The number of nitrogens with zero attached hydrogens (tertiary/aromatic N) is 3. The Bertz CT molecular complexity index is 1450. The lowest BCUT2D eigenvalue weighted by Gasteiger charge is -2.09. The first-order valence-corrected chi connectivity index (χ1v) is 11.3. The summed E-state index contributed by atoms with van der Waals surface area (Å²) in [4.78, 5) is 27.6. The Balaban J connectivity index is 1.50. The van der Waals surface area contributed by atoms with Gasteiger partial charge in [-0.05, 0) is 30.3 Å². The van der Waals surface area contributed by atoms with Crippen LogP contribution in [0.15, 0.2) is 59.9 Å². The molecular formula is C23H17N3O3S2. The molecule has 0 bridgehead atoms. The lowest BCUT2D eigenvalue weighted by molar-refractivity contribution is 0.101. The molecule has 5 rings (SSSR count). The molecule has 0 radical (unpaired) electrons. The molecule has 0 fully saturated rings. The zero-order valence-electron chi connectivity index (χ0n) is 16.8. The van der Waals surface area contributed by atoms with Crippen LogP contribution >= 0.6 is 23.1 Å². The van der Waals surface area contributed by atoms with Crippen LogP contribution in [0.5, 0.6) is 11.5 Å². The summed E-state index contributed by atoms with van der Waals surface area (Å²) in [6.45, 7) is 0. The number of Topliss-reactive ketones (excluding diaryl/α,β-unsaturated/α-hetero) is 1. The fourth-order valence-electron chi connectivity index (χ4n) is 3.43. The number of benzene rings is 2. The van der Waals surface area contributed by atoms with Crippen LogP contribution in [0.2, 0.25) is 0 Å². The Labute approximate surface area is 186 Å². The van der Waals surface area contributed by atoms with Crippen LogP contribution in [0, 0.1) is 0 Å². The quantitative estimate of drug-likeness (QED) is 0.196. The molecule has 154 valence electrons. The molecule has 0 amide bonds. The largest absolute Gasteiger partial charge is 0.497 e. The van der Waals surface area contributed by atoms with Gasteiger partial charge in [0.25, 0.3) is 0 Å². The number of rotatable bonds is 6. The van der Waals surface area contributed by atoms with E-state index < -0.39 is 0 Å². The highest BCUT2D eigenvalue weighted by atomic mass is 32.2. The van der Waals surface area contributed by atoms with Gasteiger partial charge in [-0.1, -0.05) is 30.0 Å². The molecule has 0 atom stereocenters. The minimum Gasteiger partial charge on any atom is -0.497 e. The van der Waals surface area contributed by atoms with Crippen LogP contribution < -0.4 is 9.47 Å². The zero-order valence-corrected chi connectivity index (χ0v) is 18.4. The highest BCUT2D eigenvalue weighted by molar-refractivity contribution is 8.00. The summed E-state index contributed by atoms with van der Waals surface area (Å²) in [5, 5.41) is 2.85. The zero-order chi connectivity index (χ0) is 21.4. The summed E-state index contributed by atoms with van der Waals surface area (Å²) in [5.74, 6) is 1.30. The third-order valence-electron chi connectivity index (χ3n) is 4.96. The molecule has 31 heavy (non-hydrogen) atoms. The second-order valence-corrected chi connectivity index (χ2v) is 8.73. The van der Waals surface area contributed by atoms with Crippen molar-refractivity contribution in [2.75, 3.05) is 20.0 Å². The van der Waals surface area contributed by atoms with Crippen molar-refractivity contribution >= 4 is 60.2 Å². The molecule has 3 aromatic heterocycles. The van der Waals surface area contributed by atoms with Gasteiger partial charge in [0.2, 0.25) is 0 Å². The Morgan fingerprint density at radius 2 is 1.94 bits per heavy atom. The van der Waals surface area contributed by atoms with Crippen LogP contribution in [0.3, 0.4) is 0 Å².